The van der Waals surface area contributed by atoms with Crippen molar-refractivity contribution in [2.24, 2.45) is 0 Å². The van der Waals surface area contributed by atoms with Crippen molar-refractivity contribution in [2.75, 3.05) is 47.3 Å². The molecule has 0 aromatic heterocycles. The first-order valence-corrected chi connectivity index (χ1v) is 6.13. The predicted octanol–water partition coefficient (Wildman–Crippen LogP) is 1.26. The van der Waals surface area contributed by atoms with E-state index in [2.05, 4.69) is 50.1 Å². The van der Waals surface area contributed by atoms with E-state index >= 15 is 0 Å². The quantitative estimate of drug-likeness (QED) is 0.584. The Balaban J connectivity index is 3.23. The number of hydrogen-bond acceptors (Lipinski definition) is 3. The third kappa shape index (κ3) is 8.85. The van der Waals surface area contributed by atoms with Crippen LogP contribution >= 0.6 is 0 Å². The molecule has 3 heteroatoms. The lowest BCUT2D eigenvalue weighted by molar-refractivity contribution is 0.251. The van der Waals surface area contributed by atoms with Crippen molar-refractivity contribution >= 4 is 0 Å². The minimum atomic E-state index is 0.702. The lowest BCUT2D eigenvalue weighted by atomic mass is 10.2. The highest BCUT2D eigenvalue weighted by atomic mass is 15.1. The first kappa shape index (κ1) is 14.9. The molecule has 0 aromatic carbocycles. The molecule has 0 heterocycles. The molecule has 0 saturated heterocycles. The minimum absolute atomic E-state index is 0.702. The Hall–Kier alpha value is -0.120. The van der Waals surface area contributed by atoms with Crippen LogP contribution in [0.4, 0.5) is 0 Å². The molecule has 0 spiro atoms. The predicted molar refractivity (Wildman–Crippen MR) is 68.4 cm³/mol. The molecule has 0 aliphatic heterocycles. The summed E-state index contributed by atoms with van der Waals surface area (Å²) in [5.74, 6) is 0. The van der Waals surface area contributed by atoms with E-state index in [1.165, 1.54) is 19.4 Å². The van der Waals surface area contributed by atoms with Crippen molar-refractivity contribution in [1.82, 2.24) is 15.1 Å². The molecule has 1 N–H and O–H groups in total. The van der Waals surface area contributed by atoms with E-state index in [0.717, 1.165) is 19.6 Å². The summed E-state index contributed by atoms with van der Waals surface area (Å²) >= 11 is 0. The largest absolute Gasteiger partial charge is 0.315 e. The van der Waals surface area contributed by atoms with Crippen LogP contribution in [0.2, 0.25) is 0 Å². The van der Waals surface area contributed by atoms with Crippen molar-refractivity contribution in [1.29, 1.82) is 0 Å². The van der Waals surface area contributed by atoms with Crippen LogP contribution in [0.1, 0.15) is 26.7 Å². The van der Waals surface area contributed by atoms with Gasteiger partial charge in [0.15, 0.2) is 0 Å². The Kier molecular flexibility index (Phi) is 9.06. The lowest BCUT2D eigenvalue weighted by Crippen LogP contribution is -2.35. The summed E-state index contributed by atoms with van der Waals surface area (Å²) in [5.41, 5.74) is 0. The zero-order valence-electron chi connectivity index (χ0n) is 11.2. The molecule has 0 radical (unpaired) electrons. The van der Waals surface area contributed by atoms with Crippen LogP contribution in [0, 0.1) is 0 Å². The van der Waals surface area contributed by atoms with Crippen LogP contribution in [0.5, 0.6) is 0 Å². The number of rotatable bonds is 9. The van der Waals surface area contributed by atoms with E-state index in [1.807, 2.05) is 0 Å². The van der Waals surface area contributed by atoms with Crippen LogP contribution in [-0.4, -0.2) is 63.2 Å². The van der Waals surface area contributed by atoms with Gasteiger partial charge in [0.05, 0.1) is 0 Å². The fourth-order valence-electron chi connectivity index (χ4n) is 1.43. The van der Waals surface area contributed by atoms with Gasteiger partial charge >= 0.3 is 0 Å². The molecule has 15 heavy (non-hydrogen) atoms. The third-order valence-electron chi connectivity index (χ3n) is 2.94. The molecule has 92 valence electrons. The Labute approximate surface area is 95.8 Å². The normalized spacial score (nSPS) is 13.8. The van der Waals surface area contributed by atoms with Gasteiger partial charge in [-0.2, -0.15) is 0 Å². The van der Waals surface area contributed by atoms with E-state index in [4.69, 9.17) is 0 Å². The van der Waals surface area contributed by atoms with Gasteiger partial charge in [-0.3, -0.25) is 0 Å². The second-order valence-corrected chi connectivity index (χ2v) is 4.64. The number of nitrogens with zero attached hydrogens (tertiary/aromatic N) is 2. The van der Waals surface area contributed by atoms with E-state index in [0.29, 0.717) is 6.04 Å². The zero-order valence-corrected chi connectivity index (χ0v) is 11.2. The molecule has 0 bridgehead atoms. The maximum atomic E-state index is 3.48. The van der Waals surface area contributed by atoms with Gasteiger partial charge in [0.1, 0.15) is 0 Å². The summed E-state index contributed by atoms with van der Waals surface area (Å²) in [6, 6.07) is 0.702. The number of likely N-dealkylation sites (N-methyl/N-ethyl adjacent to an activating group) is 1. The van der Waals surface area contributed by atoms with Gasteiger partial charge < -0.3 is 15.1 Å². The van der Waals surface area contributed by atoms with Crippen LogP contribution in [-0.2, 0) is 0 Å². The third-order valence-corrected chi connectivity index (χ3v) is 2.94. The smallest absolute Gasteiger partial charge is 0.0107 e. The van der Waals surface area contributed by atoms with Crippen molar-refractivity contribution in [3.63, 3.8) is 0 Å². The van der Waals surface area contributed by atoms with Crippen molar-refractivity contribution in [3.8, 4) is 0 Å². The molecule has 0 fully saturated rings. The van der Waals surface area contributed by atoms with Crippen LogP contribution in [0.3, 0.4) is 0 Å². The highest BCUT2D eigenvalue weighted by molar-refractivity contribution is 4.62. The van der Waals surface area contributed by atoms with Gasteiger partial charge in [-0.15, -0.1) is 0 Å². The molecule has 0 rings (SSSR count). The van der Waals surface area contributed by atoms with Gasteiger partial charge in [-0.25, -0.2) is 0 Å². The van der Waals surface area contributed by atoms with Crippen LogP contribution in [0.15, 0.2) is 0 Å². The Morgan fingerprint density at radius 2 is 1.73 bits per heavy atom. The number of nitrogens with one attached hydrogen (secondary N) is 1. The van der Waals surface area contributed by atoms with Gasteiger partial charge in [-0.1, -0.05) is 6.92 Å². The second-order valence-electron chi connectivity index (χ2n) is 4.64. The monoisotopic (exact) mass is 215 g/mol. The summed E-state index contributed by atoms with van der Waals surface area (Å²) in [4.78, 5) is 4.64. The van der Waals surface area contributed by atoms with Crippen molar-refractivity contribution < 1.29 is 0 Å². The second kappa shape index (κ2) is 9.13. The first-order chi connectivity index (χ1) is 7.07. The van der Waals surface area contributed by atoms with E-state index in [9.17, 15) is 0 Å². The van der Waals surface area contributed by atoms with Gasteiger partial charge in [0, 0.05) is 19.1 Å². The molecule has 1 unspecified atom stereocenters. The Bertz CT molecular complexity index is 137. The molecule has 0 aromatic rings. The first-order valence-electron chi connectivity index (χ1n) is 6.13. The number of hydrogen-bond donors (Lipinski definition) is 1. The lowest BCUT2D eigenvalue weighted by Gasteiger charge is -2.23. The fourth-order valence-corrected chi connectivity index (χ4v) is 1.43. The molecule has 0 aliphatic rings. The topological polar surface area (TPSA) is 18.5 Å². The molecule has 0 saturated carbocycles. The molecule has 1 atom stereocenters. The summed E-state index contributed by atoms with van der Waals surface area (Å²) in [5, 5.41) is 3.48. The zero-order chi connectivity index (χ0) is 11.7. The molecule has 0 aliphatic carbocycles. The SMILES string of the molecule is CCC(C)N(C)CCNCCCN(C)C. The van der Waals surface area contributed by atoms with Gasteiger partial charge in [-0.05, 0) is 54.0 Å². The van der Waals surface area contributed by atoms with E-state index in [-0.39, 0.29) is 0 Å². The Morgan fingerprint density at radius 3 is 2.27 bits per heavy atom. The van der Waals surface area contributed by atoms with E-state index in [1.54, 1.807) is 0 Å². The molecular formula is C12H29N3. The summed E-state index contributed by atoms with van der Waals surface area (Å²) in [6.45, 7) is 9.09. The summed E-state index contributed by atoms with van der Waals surface area (Å²) in [6.07, 6.45) is 2.47. The van der Waals surface area contributed by atoms with Crippen LogP contribution < -0.4 is 5.32 Å². The van der Waals surface area contributed by atoms with E-state index < -0.39 is 0 Å². The minimum Gasteiger partial charge on any atom is -0.315 e. The summed E-state index contributed by atoms with van der Waals surface area (Å²) in [7, 11) is 6.45. The van der Waals surface area contributed by atoms with Gasteiger partial charge in [0.2, 0.25) is 0 Å². The van der Waals surface area contributed by atoms with Crippen molar-refractivity contribution in [3.05, 3.63) is 0 Å². The van der Waals surface area contributed by atoms with Crippen LogP contribution in [0.25, 0.3) is 0 Å². The fraction of sp³-hybridized carbons (Fsp3) is 1.00. The maximum Gasteiger partial charge on any atom is 0.0107 e. The molecule has 3 nitrogen and oxygen atoms in total. The standard InChI is InChI=1S/C12H29N3/c1-6-12(2)15(5)11-9-13-8-7-10-14(3)4/h12-13H,6-11H2,1-5H3. The highest BCUT2D eigenvalue weighted by Crippen LogP contribution is 1.97. The average molecular weight is 215 g/mol. The molecule has 0 amide bonds. The highest BCUT2D eigenvalue weighted by Gasteiger charge is 2.04. The molecular weight excluding hydrogens is 186 g/mol. The van der Waals surface area contributed by atoms with Crippen molar-refractivity contribution in [2.45, 2.75) is 32.7 Å². The Morgan fingerprint density at radius 1 is 1.07 bits per heavy atom. The maximum absolute atomic E-state index is 3.48. The van der Waals surface area contributed by atoms with Gasteiger partial charge in [0.25, 0.3) is 0 Å². The average Bonchev–Trinajstić information content (AvgIpc) is 2.21. The summed E-state index contributed by atoms with van der Waals surface area (Å²) < 4.78 is 0.